The van der Waals surface area contributed by atoms with Gasteiger partial charge in [-0.15, -0.1) is 0 Å². The first-order chi connectivity index (χ1) is 13.5. The summed E-state index contributed by atoms with van der Waals surface area (Å²) in [6.07, 6.45) is 0. The molecule has 2 aromatic carbocycles. The van der Waals surface area contributed by atoms with Gasteiger partial charge in [0.05, 0.1) is 10.6 Å². The Labute approximate surface area is 166 Å². The molecule has 0 spiro atoms. The number of hydrogen-bond acceptors (Lipinski definition) is 4. The zero-order valence-electron chi connectivity index (χ0n) is 16.1. The summed E-state index contributed by atoms with van der Waals surface area (Å²) in [5.41, 5.74) is 1.90. The summed E-state index contributed by atoms with van der Waals surface area (Å²) in [6.45, 7) is 6.20. The standard InChI is InChI=1S/C22H26N2O3S/c1-2-28(26,27)21-10-8-18(9-11-21)22(25)24-15-19-13-23(14-20(19)16-24)12-17-6-4-3-5-7-17/h3-11,19-20H,2,12-16H2,1H3. The molecule has 0 bridgehead atoms. The van der Waals surface area contributed by atoms with Gasteiger partial charge in [-0.05, 0) is 41.7 Å². The molecule has 1 amide bonds. The minimum atomic E-state index is -3.23. The molecule has 2 heterocycles. The van der Waals surface area contributed by atoms with Crippen molar-refractivity contribution in [3.05, 3.63) is 65.7 Å². The van der Waals surface area contributed by atoms with Crippen LogP contribution in [0, 0.1) is 11.8 Å². The predicted molar refractivity (Wildman–Crippen MR) is 109 cm³/mol. The Kier molecular flexibility index (Phi) is 5.25. The van der Waals surface area contributed by atoms with Gasteiger partial charge in [-0.2, -0.15) is 0 Å². The van der Waals surface area contributed by atoms with E-state index < -0.39 is 9.84 Å². The van der Waals surface area contributed by atoms with Crippen molar-refractivity contribution in [3.63, 3.8) is 0 Å². The Morgan fingerprint density at radius 2 is 1.54 bits per heavy atom. The summed E-state index contributed by atoms with van der Waals surface area (Å²) >= 11 is 0. The van der Waals surface area contributed by atoms with Gasteiger partial charge in [-0.25, -0.2) is 8.42 Å². The lowest BCUT2D eigenvalue weighted by Gasteiger charge is -2.22. The molecule has 2 aromatic rings. The summed E-state index contributed by atoms with van der Waals surface area (Å²) in [5.74, 6) is 1.11. The van der Waals surface area contributed by atoms with Crippen molar-refractivity contribution in [2.24, 2.45) is 11.8 Å². The highest BCUT2D eigenvalue weighted by Gasteiger charge is 2.41. The third-order valence-electron chi connectivity index (χ3n) is 5.94. The summed E-state index contributed by atoms with van der Waals surface area (Å²) in [7, 11) is -3.23. The van der Waals surface area contributed by atoms with E-state index >= 15 is 0 Å². The maximum atomic E-state index is 12.8. The van der Waals surface area contributed by atoms with Crippen LogP contribution in [0.4, 0.5) is 0 Å². The Hall–Kier alpha value is -2.18. The fourth-order valence-electron chi connectivity index (χ4n) is 4.38. The zero-order chi connectivity index (χ0) is 19.7. The summed E-state index contributed by atoms with van der Waals surface area (Å²) in [5, 5.41) is 0. The second-order valence-electron chi connectivity index (χ2n) is 7.84. The first kappa shape index (κ1) is 19.2. The maximum Gasteiger partial charge on any atom is 0.253 e. The van der Waals surface area contributed by atoms with Crippen LogP contribution < -0.4 is 0 Å². The number of benzene rings is 2. The maximum absolute atomic E-state index is 12.8. The van der Waals surface area contributed by atoms with Crippen molar-refractivity contribution in [1.29, 1.82) is 0 Å². The Bertz CT molecular complexity index is 928. The molecule has 0 N–H and O–H groups in total. The van der Waals surface area contributed by atoms with E-state index in [4.69, 9.17) is 0 Å². The average Bonchev–Trinajstić information content (AvgIpc) is 3.27. The molecule has 2 atom stereocenters. The van der Waals surface area contributed by atoms with Crippen LogP contribution in [-0.4, -0.2) is 56.1 Å². The number of hydrogen-bond donors (Lipinski definition) is 0. The Morgan fingerprint density at radius 3 is 2.11 bits per heavy atom. The monoisotopic (exact) mass is 398 g/mol. The van der Waals surface area contributed by atoms with Crippen LogP contribution in [0.3, 0.4) is 0 Å². The fourth-order valence-corrected chi connectivity index (χ4v) is 5.26. The van der Waals surface area contributed by atoms with Crippen LogP contribution >= 0.6 is 0 Å². The SMILES string of the molecule is CCS(=O)(=O)c1ccc(C(=O)N2CC3CN(Cc4ccccc4)CC3C2)cc1. The lowest BCUT2D eigenvalue weighted by Crippen LogP contribution is -2.33. The summed E-state index contributed by atoms with van der Waals surface area (Å²) in [6, 6.07) is 16.9. The van der Waals surface area contributed by atoms with Crippen LogP contribution in [0.1, 0.15) is 22.8 Å². The molecule has 148 valence electrons. The van der Waals surface area contributed by atoms with Crippen LogP contribution in [0.5, 0.6) is 0 Å². The van der Waals surface area contributed by atoms with Crippen molar-refractivity contribution >= 4 is 15.7 Å². The molecule has 4 rings (SSSR count). The van der Waals surface area contributed by atoms with E-state index in [1.54, 1.807) is 31.2 Å². The molecule has 6 heteroatoms. The van der Waals surface area contributed by atoms with Crippen molar-refractivity contribution in [1.82, 2.24) is 9.80 Å². The molecule has 2 unspecified atom stereocenters. The Morgan fingerprint density at radius 1 is 0.929 bits per heavy atom. The number of nitrogens with zero attached hydrogens (tertiary/aromatic N) is 2. The van der Waals surface area contributed by atoms with E-state index in [0.717, 1.165) is 32.7 Å². The van der Waals surface area contributed by atoms with Crippen LogP contribution in [0.2, 0.25) is 0 Å². The summed E-state index contributed by atoms with van der Waals surface area (Å²) < 4.78 is 23.9. The summed E-state index contributed by atoms with van der Waals surface area (Å²) in [4.78, 5) is 17.5. The van der Waals surface area contributed by atoms with Gasteiger partial charge in [0.1, 0.15) is 0 Å². The minimum absolute atomic E-state index is 0.00413. The number of carbonyl (C=O) groups excluding carboxylic acids is 1. The number of rotatable bonds is 5. The van der Waals surface area contributed by atoms with Gasteiger partial charge in [0.25, 0.3) is 5.91 Å². The van der Waals surface area contributed by atoms with E-state index in [-0.39, 0.29) is 16.6 Å². The average molecular weight is 399 g/mol. The van der Waals surface area contributed by atoms with E-state index in [1.807, 2.05) is 11.0 Å². The van der Waals surface area contributed by atoms with Crippen molar-refractivity contribution in [2.75, 3.05) is 31.9 Å². The molecule has 0 saturated carbocycles. The molecule has 0 radical (unpaired) electrons. The molecule has 0 aliphatic carbocycles. The first-order valence-electron chi connectivity index (χ1n) is 9.84. The highest BCUT2D eigenvalue weighted by molar-refractivity contribution is 7.91. The molecule has 5 nitrogen and oxygen atoms in total. The number of amides is 1. The molecule has 2 fully saturated rings. The predicted octanol–water partition coefficient (Wildman–Crippen LogP) is 2.68. The van der Waals surface area contributed by atoms with Gasteiger partial charge in [-0.1, -0.05) is 37.3 Å². The molecular formula is C22H26N2O3S. The highest BCUT2D eigenvalue weighted by atomic mass is 32.2. The third kappa shape index (κ3) is 3.84. The van der Waals surface area contributed by atoms with E-state index in [0.29, 0.717) is 17.4 Å². The van der Waals surface area contributed by atoms with E-state index in [9.17, 15) is 13.2 Å². The number of likely N-dealkylation sites (tertiary alicyclic amines) is 2. The van der Waals surface area contributed by atoms with Crippen LogP contribution in [-0.2, 0) is 16.4 Å². The Balaban J connectivity index is 1.36. The zero-order valence-corrected chi connectivity index (χ0v) is 16.9. The van der Waals surface area contributed by atoms with Gasteiger partial charge in [0.2, 0.25) is 0 Å². The first-order valence-corrected chi connectivity index (χ1v) is 11.5. The fraction of sp³-hybridized carbons (Fsp3) is 0.409. The molecule has 28 heavy (non-hydrogen) atoms. The number of sulfone groups is 1. The minimum Gasteiger partial charge on any atom is -0.338 e. The van der Waals surface area contributed by atoms with Crippen molar-refractivity contribution in [2.45, 2.75) is 18.4 Å². The number of carbonyl (C=O) groups is 1. The normalized spacial score (nSPS) is 22.4. The molecular weight excluding hydrogens is 372 g/mol. The van der Waals surface area contributed by atoms with Crippen LogP contribution in [0.25, 0.3) is 0 Å². The van der Waals surface area contributed by atoms with Gasteiger partial charge in [0.15, 0.2) is 9.84 Å². The largest absolute Gasteiger partial charge is 0.338 e. The third-order valence-corrected chi connectivity index (χ3v) is 7.69. The van der Waals surface area contributed by atoms with Gasteiger partial charge in [0, 0.05) is 38.3 Å². The molecule has 2 aliphatic heterocycles. The second-order valence-corrected chi connectivity index (χ2v) is 10.1. The highest BCUT2D eigenvalue weighted by Crippen LogP contribution is 2.32. The molecule has 2 saturated heterocycles. The molecule has 2 aliphatic rings. The lowest BCUT2D eigenvalue weighted by atomic mass is 10.0. The van der Waals surface area contributed by atoms with Gasteiger partial charge in [-0.3, -0.25) is 9.69 Å². The van der Waals surface area contributed by atoms with Gasteiger partial charge < -0.3 is 4.90 Å². The lowest BCUT2D eigenvalue weighted by molar-refractivity contribution is 0.0773. The van der Waals surface area contributed by atoms with Crippen molar-refractivity contribution < 1.29 is 13.2 Å². The topological polar surface area (TPSA) is 57.7 Å². The van der Waals surface area contributed by atoms with E-state index in [2.05, 4.69) is 29.2 Å². The molecule has 0 aromatic heterocycles. The number of fused-ring (bicyclic) bond motifs is 1. The second kappa shape index (κ2) is 7.68. The van der Waals surface area contributed by atoms with Crippen molar-refractivity contribution in [3.8, 4) is 0 Å². The van der Waals surface area contributed by atoms with Crippen LogP contribution in [0.15, 0.2) is 59.5 Å². The quantitative estimate of drug-likeness (QED) is 0.777. The van der Waals surface area contributed by atoms with E-state index in [1.165, 1.54) is 5.56 Å². The smallest absolute Gasteiger partial charge is 0.253 e. The van der Waals surface area contributed by atoms with Gasteiger partial charge >= 0.3 is 0 Å².